The Hall–Kier alpha value is -3.06. The van der Waals surface area contributed by atoms with Gasteiger partial charge in [0.25, 0.3) is 5.91 Å². The van der Waals surface area contributed by atoms with Crippen molar-refractivity contribution in [2.45, 2.75) is 12.5 Å². The van der Waals surface area contributed by atoms with Crippen molar-refractivity contribution in [2.75, 3.05) is 19.9 Å². The van der Waals surface area contributed by atoms with Gasteiger partial charge in [-0.15, -0.1) is 0 Å². The second-order valence-corrected chi connectivity index (χ2v) is 5.89. The van der Waals surface area contributed by atoms with Crippen LogP contribution < -0.4 is 9.47 Å². The number of aliphatic carboxylic acids is 1. The van der Waals surface area contributed by atoms with E-state index in [0.717, 1.165) is 0 Å². The lowest BCUT2D eigenvalue weighted by atomic mass is 10.1. The van der Waals surface area contributed by atoms with Crippen LogP contribution in [0.15, 0.2) is 48.5 Å². The molecule has 0 saturated heterocycles. The number of aliphatic hydroxyl groups is 1. The summed E-state index contributed by atoms with van der Waals surface area (Å²) in [6.07, 6.45) is -1.39. The molecule has 0 radical (unpaired) electrons. The lowest BCUT2D eigenvalue weighted by molar-refractivity contribution is -0.146. The molecule has 26 heavy (non-hydrogen) atoms. The van der Waals surface area contributed by atoms with Crippen LogP contribution in [-0.4, -0.2) is 53.0 Å². The SMILES string of the molecule is O=C(O)C(O)Cc1ccc(OCCN2COc3ccccc3C2=O)cc1. The number of nitrogens with zero attached hydrogens (tertiary/aromatic N) is 1. The predicted molar refractivity (Wildman–Crippen MR) is 92.3 cm³/mol. The molecule has 7 nitrogen and oxygen atoms in total. The Kier molecular flexibility index (Phi) is 5.38. The summed E-state index contributed by atoms with van der Waals surface area (Å²) in [5.41, 5.74) is 1.24. The van der Waals surface area contributed by atoms with E-state index in [1.54, 1.807) is 47.4 Å². The molecule has 1 heterocycles. The molecule has 0 spiro atoms. The number of carbonyl (C=O) groups excluding carboxylic acids is 1. The smallest absolute Gasteiger partial charge is 0.332 e. The molecular formula is C19H19NO6. The zero-order chi connectivity index (χ0) is 18.5. The van der Waals surface area contributed by atoms with E-state index in [9.17, 15) is 14.7 Å². The quantitative estimate of drug-likeness (QED) is 0.780. The molecule has 0 saturated carbocycles. The Balaban J connectivity index is 1.49. The lowest BCUT2D eigenvalue weighted by Gasteiger charge is -2.28. The average Bonchev–Trinajstić information content (AvgIpc) is 2.65. The van der Waals surface area contributed by atoms with E-state index in [1.165, 1.54) is 0 Å². The number of hydrogen-bond acceptors (Lipinski definition) is 5. The van der Waals surface area contributed by atoms with Gasteiger partial charge in [-0.3, -0.25) is 4.79 Å². The number of carboxylic acids is 1. The number of para-hydroxylation sites is 1. The highest BCUT2D eigenvalue weighted by atomic mass is 16.5. The van der Waals surface area contributed by atoms with Gasteiger partial charge in [-0.1, -0.05) is 24.3 Å². The van der Waals surface area contributed by atoms with E-state index in [4.69, 9.17) is 14.6 Å². The molecule has 2 aromatic rings. The normalized spacial score (nSPS) is 14.3. The van der Waals surface area contributed by atoms with Crippen molar-refractivity contribution in [1.82, 2.24) is 4.90 Å². The minimum atomic E-state index is -1.42. The largest absolute Gasteiger partial charge is 0.492 e. The van der Waals surface area contributed by atoms with Crippen molar-refractivity contribution in [3.05, 3.63) is 59.7 Å². The van der Waals surface area contributed by atoms with Gasteiger partial charge in [-0.2, -0.15) is 0 Å². The molecule has 3 rings (SSSR count). The van der Waals surface area contributed by atoms with Gasteiger partial charge in [0, 0.05) is 6.42 Å². The zero-order valence-electron chi connectivity index (χ0n) is 14.0. The Labute approximate surface area is 150 Å². The van der Waals surface area contributed by atoms with Gasteiger partial charge >= 0.3 is 5.97 Å². The first-order valence-electron chi connectivity index (χ1n) is 8.18. The summed E-state index contributed by atoms with van der Waals surface area (Å²) in [6.45, 7) is 0.867. The predicted octanol–water partition coefficient (Wildman–Crippen LogP) is 1.55. The molecule has 2 N–H and O–H groups in total. The van der Waals surface area contributed by atoms with Crippen LogP contribution in [0.4, 0.5) is 0 Å². The van der Waals surface area contributed by atoms with E-state index in [-0.39, 0.29) is 19.1 Å². The summed E-state index contributed by atoms with van der Waals surface area (Å²) in [7, 11) is 0. The molecule has 0 aromatic heterocycles. The molecule has 1 unspecified atom stereocenters. The Morgan fingerprint density at radius 3 is 2.65 bits per heavy atom. The number of carbonyl (C=O) groups is 2. The number of aliphatic hydroxyl groups excluding tert-OH is 1. The highest BCUT2D eigenvalue weighted by Gasteiger charge is 2.24. The van der Waals surface area contributed by atoms with Crippen LogP contribution in [0.25, 0.3) is 0 Å². The Bertz CT molecular complexity index is 789. The maximum Gasteiger partial charge on any atom is 0.332 e. The van der Waals surface area contributed by atoms with Crippen LogP contribution >= 0.6 is 0 Å². The van der Waals surface area contributed by atoms with Crippen molar-refractivity contribution in [3.8, 4) is 11.5 Å². The molecule has 2 aromatic carbocycles. The molecule has 7 heteroatoms. The van der Waals surface area contributed by atoms with Gasteiger partial charge in [0.05, 0.1) is 12.1 Å². The van der Waals surface area contributed by atoms with Gasteiger partial charge in [0.2, 0.25) is 0 Å². The van der Waals surface area contributed by atoms with Gasteiger partial charge in [0.1, 0.15) is 18.1 Å². The van der Waals surface area contributed by atoms with Crippen LogP contribution in [0, 0.1) is 0 Å². The number of benzene rings is 2. The fraction of sp³-hybridized carbons (Fsp3) is 0.263. The molecule has 1 aliphatic rings. The number of hydrogen-bond donors (Lipinski definition) is 2. The third-order valence-corrected chi connectivity index (χ3v) is 4.05. The summed E-state index contributed by atoms with van der Waals surface area (Å²) in [6, 6.07) is 13.9. The standard InChI is InChI=1S/C19H19NO6/c21-16(19(23)24)11-13-5-7-14(8-6-13)25-10-9-20-12-26-17-4-2-1-3-15(17)18(20)22/h1-8,16,21H,9-12H2,(H,23,24). The van der Waals surface area contributed by atoms with Gasteiger partial charge in [-0.05, 0) is 29.8 Å². The van der Waals surface area contributed by atoms with E-state index < -0.39 is 12.1 Å². The zero-order valence-corrected chi connectivity index (χ0v) is 14.0. The van der Waals surface area contributed by atoms with Crippen molar-refractivity contribution in [1.29, 1.82) is 0 Å². The first kappa shape index (κ1) is 17.8. The van der Waals surface area contributed by atoms with Crippen LogP contribution in [0.1, 0.15) is 15.9 Å². The Morgan fingerprint density at radius 2 is 1.92 bits per heavy atom. The maximum absolute atomic E-state index is 12.4. The molecule has 0 fully saturated rings. The molecule has 0 aliphatic carbocycles. The average molecular weight is 357 g/mol. The fourth-order valence-corrected chi connectivity index (χ4v) is 2.62. The topological polar surface area (TPSA) is 96.3 Å². The third kappa shape index (κ3) is 4.12. The van der Waals surface area contributed by atoms with Crippen LogP contribution in [0.3, 0.4) is 0 Å². The molecule has 136 valence electrons. The minimum Gasteiger partial charge on any atom is -0.492 e. The third-order valence-electron chi connectivity index (χ3n) is 4.05. The summed E-state index contributed by atoms with van der Waals surface area (Å²) in [5.74, 6) is -0.146. The van der Waals surface area contributed by atoms with Crippen molar-refractivity contribution >= 4 is 11.9 Å². The number of amides is 1. The maximum atomic E-state index is 12.4. The monoisotopic (exact) mass is 357 g/mol. The number of ether oxygens (including phenoxy) is 2. The summed E-state index contributed by atoms with van der Waals surface area (Å²) in [5, 5.41) is 18.1. The van der Waals surface area contributed by atoms with Gasteiger partial charge in [-0.25, -0.2) is 4.79 Å². The second kappa shape index (κ2) is 7.88. The fourth-order valence-electron chi connectivity index (χ4n) is 2.62. The molecule has 1 atom stereocenters. The molecule has 0 bridgehead atoms. The number of fused-ring (bicyclic) bond motifs is 1. The van der Waals surface area contributed by atoms with Crippen LogP contribution in [0.5, 0.6) is 11.5 Å². The van der Waals surface area contributed by atoms with Crippen molar-refractivity contribution in [3.63, 3.8) is 0 Å². The van der Waals surface area contributed by atoms with Gasteiger partial charge < -0.3 is 24.6 Å². The first-order chi connectivity index (χ1) is 12.5. The number of carboxylic acid groups (broad SMARTS) is 1. The van der Waals surface area contributed by atoms with E-state index >= 15 is 0 Å². The minimum absolute atomic E-state index is 0.0363. The molecule has 1 amide bonds. The van der Waals surface area contributed by atoms with Gasteiger partial charge in [0.15, 0.2) is 12.8 Å². The Morgan fingerprint density at radius 1 is 1.19 bits per heavy atom. The van der Waals surface area contributed by atoms with E-state index in [2.05, 4.69) is 0 Å². The lowest BCUT2D eigenvalue weighted by Crippen LogP contribution is -2.40. The van der Waals surface area contributed by atoms with Crippen LogP contribution in [-0.2, 0) is 11.2 Å². The molecule has 1 aliphatic heterocycles. The highest BCUT2D eigenvalue weighted by Crippen LogP contribution is 2.24. The van der Waals surface area contributed by atoms with Crippen molar-refractivity contribution < 1.29 is 29.3 Å². The highest BCUT2D eigenvalue weighted by molar-refractivity contribution is 5.97. The second-order valence-electron chi connectivity index (χ2n) is 5.89. The molecular weight excluding hydrogens is 338 g/mol. The first-order valence-corrected chi connectivity index (χ1v) is 8.18. The summed E-state index contributed by atoms with van der Waals surface area (Å²) in [4.78, 5) is 24.6. The summed E-state index contributed by atoms with van der Waals surface area (Å²) >= 11 is 0. The summed E-state index contributed by atoms with van der Waals surface area (Å²) < 4.78 is 11.2. The van der Waals surface area contributed by atoms with E-state index in [1.807, 2.05) is 6.07 Å². The number of rotatable bonds is 7. The van der Waals surface area contributed by atoms with E-state index in [0.29, 0.717) is 35.8 Å². The van der Waals surface area contributed by atoms with Crippen LogP contribution in [0.2, 0.25) is 0 Å². The van der Waals surface area contributed by atoms with Crippen molar-refractivity contribution in [2.24, 2.45) is 0 Å².